The zero-order valence-electron chi connectivity index (χ0n) is 15.0. The van der Waals surface area contributed by atoms with Crippen molar-refractivity contribution in [3.8, 4) is 0 Å². The van der Waals surface area contributed by atoms with Crippen LogP contribution >= 0.6 is 0 Å². The summed E-state index contributed by atoms with van der Waals surface area (Å²) in [5.41, 5.74) is 1.15. The van der Waals surface area contributed by atoms with Crippen LogP contribution in [0, 0.1) is 17.3 Å². The molecule has 1 amide bonds. The number of carbonyl (C=O) groups is 1. The Morgan fingerprint density at radius 1 is 1.22 bits per heavy atom. The lowest BCUT2D eigenvalue weighted by molar-refractivity contribution is -0.135. The number of aliphatic hydroxyl groups excluding tert-OH is 1. The molecule has 23 heavy (non-hydrogen) atoms. The van der Waals surface area contributed by atoms with Crippen LogP contribution in [0.5, 0.6) is 0 Å². The zero-order chi connectivity index (χ0) is 17.0. The number of aliphatic hydroxyl groups is 1. The molecular formula is C20H31NO2. The van der Waals surface area contributed by atoms with E-state index in [-0.39, 0.29) is 17.2 Å². The molecule has 1 N–H and O–H groups in total. The van der Waals surface area contributed by atoms with E-state index in [9.17, 15) is 9.90 Å². The lowest BCUT2D eigenvalue weighted by atomic mass is 9.79. The van der Waals surface area contributed by atoms with Gasteiger partial charge in [0.15, 0.2) is 0 Å². The summed E-state index contributed by atoms with van der Waals surface area (Å²) in [6.45, 7) is 10.3. The molecule has 0 spiro atoms. The smallest absolute Gasteiger partial charge is 0.222 e. The molecule has 1 saturated heterocycles. The average molecular weight is 317 g/mol. The fraction of sp³-hybridized carbons (Fsp3) is 0.650. The van der Waals surface area contributed by atoms with E-state index in [1.165, 1.54) is 0 Å². The number of piperidine rings is 1. The highest BCUT2D eigenvalue weighted by atomic mass is 16.3. The molecule has 0 saturated carbocycles. The Bertz CT molecular complexity index is 498. The molecule has 1 aromatic carbocycles. The maximum Gasteiger partial charge on any atom is 0.222 e. The molecule has 0 bridgehead atoms. The number of hydrogen-bond acceptors (Lipinski definition) is 2. The van der Waals surface area contributed by atoms with Crippen LogP contribution in [0.1, 0.15) is 58.6 Å². The van der Waals surface area contributed by atoms with Crippen LogP contribution in [-0.4, -0.2) is 29.0 Å². The van der Waals surface area contributed by atoms with Gasteiger partial charge in [-0.05, 0) is 35.7 Å². The van der Waals surface area contributed by atoms with E-state index in [2.05, 4.69) is 27.7 Å². The van der Waals surface area contributed by atoms with Crippen molar-refractivity contribution < 1.29 is 9.90 Å². The van der Waals surface area contributed by atoms with Gasteiger partial charge in [-0.15, -0.1) is 0 Å². The van der Waals surface area contributed by atoms with Gasteiger partial charge in [-0.3, -0.25) is 4.79 Å². The van der Waals surface area contributed by atoms with Crippen molar-refractivity contribution in [3.63, 3.8) is 0 Å². The van der Waals surface area contributed by atoms with E-state index >= 15 is 0 Å². The third kappa shape index (κ3) is 4.81. The van der Waals surface area contributed by atoms with Crippen LogP contribution in [0.2, 0.25) is 0 Å². The summed E-state index contributed by atoms with van der Waals surface area (Å²) in [5.74, 6) is 0.893. The normalized spacial score (nSPS) is 19.4. The molecular weight excluding hydrogens is 286 g/mol. The van der Waals surface area contributed by atoms with Crippen LogP contribution in [-0.2, 0) is 4.79 Å². The highest BCUT2D eigenvalue weighted by molar-refractivity contribution is 5.76. The first-order valence-corrected chi connectivity index (χ1v) is 8.80. The lowest BCUT2D eigenvalue weighted by Gasteiger charge is -2.36. The maximum absolute atomic E-state index is 12.5. The Balaban J connectivity index is 1.85. The summed E-state index contributed by atoms with van der Waals surface area (Å²) in [7, 11) is 0. The fourth-order valence-electron chi connectivity index (χ4n) is 3.08. The van der Waals surface area contributed by atoms with Crippen molar-refractivity contribution in [3.05, 3.63) is 35.9 Å². The number of benzene rings is 1. The van der Waals surface area contributed by atoms with Crippen molar-refractivity contribution in [2.45, 2.75) is 53.1 Å². The topological polar surface area (TPSA) is 40.5 Å². The first kappa shape index (κ1) is 18.0. The van der Waals surface area contributed by atoms with E-state index in [0.717, 1.165) is 31.5 Å². The van der Waals surface area contributed by atoms with Crippen LogP contribution in [0.3, 0.4) is 0 Å². The molecule has 1 heterocycles. The summed E-state index contributed by atoms with van der Waals surface area (Å²) in [4.78, 5) is 14.4. The summed E-state index contributed by atoms with van der Waals surface area (Å²) in [6.07, 6.45) is 1.97. The van der Waals surface area contributed by atoms with Gasteiger partial charge in [-0.1, -0.05) is 58.0 Å². The Kier molecular flexibility index (Phi) is 5.85. The van der Waals surface area contributed by atoms with Gasteiger partial charge in [-0.2, -0.15) is 0 Å². The Morgan fingerprint density at radius 3 is 2.30 bits per heavy atom. The molecule has 3 heteroatoms. The van der Waals surface area contributed by atoms with Gasteiger partial charge in [-0.25, -0.2) is 0 Å². The van der Waals surface area contributed by atoms with Crippen LogP contribution in [0.25, 0.3) is 0 Å². The molecule has 0 aromatic heterocycles. The zero-order valence-corrected chi connectivity index (χ0v) is 15.0. The summed E-state index contributed by atoms with van der Waals surface area (Å²) in [6, 6.07) is 9.85. The average Bonchev–Trinajstić information content (AvgIpc) is 2.54. The van der Waals surface area contributed by atoms with Crippen molar-refractivity contribution in [2.75, 3.05) is 13.1 Å². The first-order valence-electron chi connectivity index (χ1n) is 8.80. The molecule has 3 nitrogen and oxygen atoms in total. The van der Waals surface area contributed by atoms with Gasteiger partial charge >= 0.3 is 0 Å². The predicted molar refractivity (Wildman–Crippen MR) is 93.9 cm³/mol. The molecule has 2 unspecified atom stereocenters. The van der Waals surface area contributed by atoms with E-state index in [0.29, 0.717) is 12.3 Å². The molecule has 2 rings (SSSR count). The predicted octanol–water partition coefficient (Wildman–Crippen LogP) is 4.03. The molecule has 0 aliphatic carbocycles. The monoisotopic (exact) mass is 317 g/mol. The second-order valence-corrected chi connectivity index (χ2v) is 8.04. The largest absolute Gasteiger partial charge is 0.388 e. The van der Waals surface area contributed by atoms with Gasteiger partial charge in [0.25, 0.3) is 0 Å². The third-order valence-electron chi connectivity index (χ3n) is 5.44. The lowest BCUT2D eigenvalue weighted by Crippen LogP contribution is -2.41. The van der Waals surface area contributed by atoms with Crippen LogP contribution in [0.4, 0.5) is 0 Å². The number of amides is 1. The van der Waals surface area contributed by atoms with E-state index in [1.807, 2.05) is 35.2 Å². The Morgan fingerprint density at radius 2 is 1.78 bits per heavy atom. The van der Waals surface area contributed by atoms with Gasteiger partial charge < -0.3 is 10.0 Å². The molecule has 128 valence electrons. The standard InChI is InChI=1S/C20H31NO2/c1-15(20(2,3)4)14-18(22)21-12-10-17(11-13-21)19(23)16-8-6-5-7-9-16/h5-9,15,17,19,23H,10-14H2,1-4H3. The van der Waals surface area contributed by atoms with Crippen molar-refractivity contribution >= 4 is 5.91 Å². The minimum Gasteiger partial charge on any atom is -0.388 e. The van der Waals surface area contributed by atoms with E-state index < -0.39 is 6.10 Å². The van der Waals surface area contributed by atoms with Gasteiger partial charge in [0.2, 0.25) is 5.91 Å². The van der Waals surface area contributed by atoms with Gasteiger partial charge in [0.1, 0.15) is 0 Å². The van der Waals surface area contributed by atoms with Crippen molar-refractivity contribution in [2.24, 2.45) is 17.3 Å². The second-order valence-electron chi connectivity index (χ2n) is 8.04. The summed E-state index contributed by atoms with van der Waals surface area (Å²) < 4.78 is 0. The van der Waals surface area contributed by atoms with Crippen LogP contribution < -0.4 is 0 Å². The second kappa shape index (κ2) is 7.48. The number of nitrogens with zero attached hydrogens (tertiary/aromatic N) is 1. The quantitative estimate of drug-likeness (QED) is 0.911. The minimum atomic E-state index is -0.415. The van der Waals surface area contributed by atoms with Crippen molar-refractivity contribution in [1.82, 2.24) is 4.90 Å². The maximum atomic E-state index is 12.5. The highest BCUT2D eigenvalue weighted by Gasteiger charge is 2.30. The molecule has 1 fully saturated rings. The van der Waals surface area contributed by atoms with E-state index in [1.54, 1.807) is 0 Å². The van der Waals surface area contributed by atoms with Crippen molar-refractivity contribution in [1.29, 1.82) is 0 Å². The highest BCUT2D eigenvalue weighted by Crippen LogP contribution is 2.32. The van der Waals surface area contributed by atoms with Crippen LogP contribution in [0.15, 0.2) is 30.3 Å². The molecule has 1 aromatic rings. The number of hydrogen-bond donors (Lipinski definition) is 1. The molecule has 1 aliphatic heterocycles. The van der Waals surface area contributed by atoms with Gasteiger partial charge in [0.05, 0.1) is 6.10 Å². The van der Waals surface area contributed by atoms with E-state index in [4.69, 9.17) is 0 Å². The molecule has 0 radical (unpaired) electrons. The number of likely N-dealkylation sites (tertiary alicyclic amines) is 1. The number of carbonyl (C=O) groups excluding carboxylic acids is 1. The van der Waals surface area contributed by atoms with Gasteiger partial charge in [0, 0.05) is 19.5 Å². The Labute approximate surface area is 140 Å². The Hall–Kier alpha value is -1.35. The molecule has 2 atom stereocenters. The SMILES string of the molecule is CC(CC(=O)N1CCC(C(O)c2ccccc2)CC1)C(C)(C)C. The fourth-order valence-corrected chi connectivity index (χ4v) is 3.08. The third-order valence-corrected chi connectivity index (χ3v) is 5.44. The first-order chi connectivity index (χ1) is 10.8. The number of rotatable bonds is 4. The minimum absolute atomic E-state index is 0.164. The summed E-state index contributed by atoms with van der Waals surface area (Å²) >= 11 is 0. The molecule has 1 aliphatic rings. The summed E-state index contributed by atoms with van der Waals surface area (Å²) in [5, 5.41) is 10.5.